The van der Waals surface area contributed by atoms with E-state index in [1.165, 1.54) is 24.3 Å². The molecule has 3 aromatic carbocycles. The van der Waals surface area contributed by atoms with Crippen molar-refractivity contribution in [2.45, 2.75) is 4.90 Å². The predicted octanol–water partition coefficient (Wildman–Crippen LogP) is 4.16. The van der Waals surface area contributed by atoms with Crippen LogP contribution in [0.1, 0.15) is 0 Å². The average molecular weight is 417 g/mol. The molecule has 0 aromatic heterocycles. The number of benzene rings is 3. The molecule has 3 aromatic rings. The summed E-state index contributed by atoms with van der Waals surface area (Å²) >= 11 is 5.99. The Bertz CT molecular complexity index is 1060. The monoisotopic (exact) mass is 416 g/mol. The second kappa shape index (κ2) is 8.77. The van der Waals surface area contributed by atoms with Gasteiger partial charge in [0.2, 0.25) is 0 Å². The van der Waals surface area contributed by atoms with Crippen LogP contribution in [-0.4, -0.2) is 20.9 Å². The van der Waals surface area contributed by atoms with Crippen molar-refractivity contribution < 1.29 is 17.9 Å². The summed E-state index contributed by atoms with van der Waals surface area (Å²) in [4.78, 5) is 12.1. The number of hydrogen-bond donors (Lipinski definition) is 2. The third kappa shape index (κ3) is 5.25. The molecule has 6 nitrogen and oxygen atoms in total. The van der Waals surface area contributed by atoms with Crippen molar-refractivity contribution in [2.75, 3.05) is 16.6 Å². The number of nitrogens with one attached hydrogen (secondary N) is 2. The van der Waals surface area contributed by atoms with E-state index in [9.17, 15) is 13.2 Å². The lowest BCUT2D eigenvalue weighted by molar-refractivity contribution is -0.118. The van der Waals surface area contributed by atoms with Crippen LogP contribution in [0.5, 0.6) is 5.75 Å². The van der Waals surface area contributed by atoms with E-state index in [1.54, 1.807) is 54.6 Å². The van der Waals surface area contributed by atoms with E-state index >= 15 is 0 Å². The highest BCUT2D eigenvalue weighted by atomic mass is 35.5. The summed E-state index contributed by atoms with van der Waals surface area (Å²) in [5.74, 6) is -0.0106. The highest BCUT2D eigenvalue weighted by Gasteiger charge is 2.14. The summed E-state index contributed by atoms with van der Waals surface area (Å²) < 4.78 is 32.7. The van der Waals surface area contributed by atoms with Gasteiger partial charge in [0.05, 0.1) is 15.6 Å². The molecule has 28 heavy (non-hydrogen) atoms. The lowest BCUT2D eigenvalue weighted by Crippen LogP contribution is -2.20. The SMILES string of the molecule is O=C(COc1ccc(S(=O)(=O)Nc2ccccc2)cc1)Nc1ccccc1Cl. The maximum atomic E-state index is 12.4. The van der Waals surface area contributed by atoms with Gasteiger partial charge in [0.25, 0.3) is 15.9 Å². The molecule has 0 heterocycles. The number of rotatable bonds is 7. The van der Waals surface area contributed by atoms with E-state index in [0.29, 0.717) is 22.1 Å². The number of hydrogen-bond acceptors (Lipinski definition) is 4. The summed E-state index contributed by atoms with van der Waals surface area (Å²) in [7, 11) is -3.71. The van der Waals surface area contributed by atoms with E-state index in [2.05, 4.69) is 10.0 Å². The first-order valence-corrected chi connectivity index (χ1v) is 10.2. The molecular formula is C20H17ClN2O4S. The van der Waals surface area contributed by atoms with Gasteiger partial charge in [-0.25, -0.2) is 8.42 Å². The molecule has 0 radical (unpaired) electrons. The number of amides is 1. The number of carbonyl (C=O) groups is 1. The minimum absolute atomic E-state index is 0.0872. The van der Waals surface area contributed by atoms with Gasteiger partial charge in [-0.15, -0.1) is 0 Å². The normalized spacial score (nSPS) is 10.9. The number of halogens is 1. The summed E-state index contributed by atoms with van der Waals surface area (Å²) in [6.45, 7) is -0.237. The summed E-state index contributed by atoms with van der Waals surface area (Å²) in [6.07, 6.45) is 0. The van der Waals surface area contributed by atoms with Crippen molar-refractivity contribution in [1.82, 2.24) is 0 Å². The molecule has 144 valence electrons. The highest BCUT2D eigenvalue weighted by molar-refractivity contribution is 7.92. The molecule has 0 aliphatic rings. The van der Waals surface area contributed by atoms with Crippen LogP contribution in [0, 0.1) is 0 Å². The standard InChI is InChI=1S/C20H17ClN2O4S/c21-18-8-4-5-9-19(18)22-20(24)14-27-16-10-12-17(13-11-16)28(25,26)23-15-6-2-1-3-7-15/h1-13,23H,14H2,(H,22,24). The van der Waals surface area contributed by atoms with Gasteiger partial charge in [0.1, 0.15) is 5.75 Å². The van der Waals surface area contributed by atoms with Crippen LogP contribution in [0.25, 0.3) is 0 Å². The van der Waals surface area contributed by atoms with Gasteiger partial charge in [0.15, 0.2) is 6.61 Å². The number of sulfonamides is 1. The largest absolute Gasteiger partial charge is 0.484 e. The van der Waals surface area contributed by atoms with Crippen molar-refractivity contribution in [1.29, 1.82) is 0 Å². The molecule has 0 unspecified atom stereocenters. The lowest BCUT2D eigenvalue weighted by atomic mass is 10.3. The molecule has 8 heteroatoms. The van der Waals surface area contributed by atoms with Gasteiger partial charge in [-0.3, -0.25) is 9.52 Å². The Morgan fingerprint density at radius 1 is 0.893 bits per heavy atom. The van der Waals surface area contributed by atoms with Gasteiger partial charge in [-0.1, -0.05) is 41.9 Å². The van der Waals surface area contributed by atoms with Crippen LogP contribution >= 0.6 is 11.6 Å². The zero-order valence-electron chi connectivity index (χ0n) is 14.6. The molecule has 0 saturated carbocycles. The van der Waals surface area contributed by atoms with Crippen LogP contribution in [0.2, 0.25) is 5.02 Å². The van der Waals surface area contributed by atoms with Crippen LogP contribution in [0.4, 0.5) is 11.4 Å². The minimum atomic E-state index is -3.71. The topological polar surface area (TPSA) is 84.5 Å². The van der Waals surface area contributed by atoms with E-state index in [-0.39, 0.29) is 17.4 Å². The first-order valence-electron chi connectivity index (χ1n) is 8.29. The quantitative estimate of drug-likeness (QED) is 0.605. The fourth-order valence-corrected chi connectivity index (χ4v) is 3.57. The zero-order valence-corrected chi connectivity index (χ0v) is 16.2. The minimum Gasteiger partial charge on any atom is -0.484 e. The molecule has 0 bridgehead atoms. The third-order valence-corrected chi connectivity index (χ3v) is 5.40. The number of ether oxygens (including phenoxy) is 1. The zero-order chi connectivity index (χ0) is 20.0. The van der Waals surface area contributed by atoms with E-state index < -0.39 is 10.0 Å². The molecule has 0 aliphatic carbocycles. The van der Waals surface area contributed by atoms with Crippen molar-refractivity contribution in [3.8, 4) is 5.75 Å². The van der Waals surface area contributed by atoms with Gasteiger partial charge in [-0.05, 0) is 48.5 Å². The predicted molar refractivity (Wildman–Crippen MR) is 109 cm³/mol. The van der Waals surface area contributed by atoms with E-state index in [0.717, 1.165) is 0 Å². The first-order chi connectivity index (χ1) is 13.4. The Balaban J connectivity index is 1.58. The van der Waals surface area contributed by atoms with Gasteiger partial charge < -0.3 is 10.1 Å². The molecular weight excluding hydrogens is 400 g/mol. The molecule has 0 spiro atoms. The second-order valence-electron chi connectivity index (χ2n) is 5.76. The lowest BCUT2D eigenvalue weighted by Gasteiger charge is -2.10. The Kier molecular flexibility index (Phi) is 6.18. The number of carbonyl (C=O) groups excluding carboxylic acids is 1. The average Bonchev–Trinajstić information content (AvgIpc) is 2.69. The molecule has 1 amide bonds. The molecule has 0 fully saturated rings. The fraction of sp³-hybridized carbons (Fsp3) is 0.0500. The summed E-state index contributed by atoms with van der Waals surface area (Å²) in [5, 5.41) is 3.07. The van der Waals surface area contributed by atoms with Crippen molar-refractivity contribution in [2.24, 2.45) is 0 Å². The van der Waals surface area contributed by atoms with Gasteiger partial charge in [-0.2, -0.15) is 0 Å². The fourth-order valence-electron chi connectivity index (χ4n) is 2.33. The summed E-state index contributed by atoms with van der Waals surface area (Å²) in [5.41, 5.74) is 0.963. The number of para-hydroxylation sites is 2. The van der Waals surface area contributed by atoms with Crippen molar-refractivity contribution in [3.63, 3.8) is 0 Å². The summed E-state index contributed by atoms with van der Waals surface area (Å²) in [6, 6.07) is 21.3. The molecule has 3 rings (SSSR count). The molecule has 0 aliphatic heterocycles. The van der Waals surface area contributed by atoms with E-state index in [4.69, 9.17) is 16.3 Å². The highest BCUT2D eigenvalue weighted by Crippen LogP contribution is 2.21. The Morgan fingerprint density at radius 2 is 1.54 bits per heavy atom. The number of anilines is 2. The maximum Gasteiger partial charge on any atom is 0.262 e. The van der Waals surface area contributed by atoms with Gasteiger partial charge in [0, 0.05) is 5.69 Å². The smallest absolute Gasteiger partial charge is 0.262 e. The van der Waals surface area contributed by atoms with E-state index in [1.807, 2.05) is 0 Å². The first kappa shape index (κ1) is 19.7. The Labute approximate surface area is 168 Å². The molecule has 0 atom stereocenters. The Hall–Kier alpha value is -3.03. The second-order valence-corrected chi connectivity index (χ2v) is 7.85. The van der Waals surface area contributed by atoms with Crippen LogP contribution in [0.3, 0.4) is 0 Å². The van der Waals surface area contributed by atoms with Crippen molar-refractivity contribution in [3.05, 3.63) is 83.9 Å². The molecule has 2 N–H and O–H groups in total. The Morgan fingerprint density at radius 3 is 2.21 bits per heavy atom. The van der Waals surface area contributed by atoms with Gasteiger partial charge >= 0.3 is 0 Å². The molecule has 0 saturated heterocycles. The van der Waals surface area contributed by atoms with Crippen LogP contribution in [-0.2, 0) is 14.8 Å². The maximum absolute atomic E-state index is 12.4. The third-order valence-electron chi connectivity index (χ3n) is 3.68. The van der Waals surface area contributed by atoms with Crippen LogP contribution < -0.4 is 14.8 Å². The van der Waals surface area contributed by atoms with Crippen molar-refractivity contribution >= 4 is 38.9 Å². The van der Waals surface area contributed by atoms with Crippen LogP contribution in [0.15, 0.2) is 83.8 Å².